The third-order valence-corrected chi connectivity index (χ3v) is 7.05. The molecule has 0 saturated carbocycles. The molecule has 169 valence electrons. The highest BCUT2D eigenvalue weighted by atomic mass is 32.1. The van der Waals surface area contributed by atoms with Crippen LogP contribution in [0.15, 0.2) is 29.6 Å². The normalized spacial score (nSPS) is 17.4. The molecule has 0 fully saturated rings. The van der Waals surface area contributed by atoms with Gasteiger partial charge in [0.05, 0.1) is 11.0 Å². The molecule has 2 aromatic rings. The summed E-state index contributed by atoms with van der Waals surface area (Å²) in [5, 5.41) is 2.05. The van der Waals surface area contributed by atoms with E-state index in [0.29, 0.717) is 6.61 Å². The van der Waals surface area contributed by atoms with Crippen molar-refractivity contribution in [1.29, 1.82) is 0 Å². The molecule has 0 N–H and O–H groups in total. The first-order valence-electron chi connectivity index (χ1n) is 11.1. The second kappa shape index (κ2) is 10.2. The van der Waals surface area contributed by atoms with Crippen molar-refractivity contribution < 1.29 is 13.9 Å². The Morgan fingerprint density at radius 1 is 1.16 bits per heavy atom. The largest absolute Gasteiger partial charge is 0.484 e. The average Bonchev–Trinajstić information content (AvgIpc) is 3.13. The third-order valence-electron chi connectivity index (χ3n) is 5.41. The first kappa shape index (κ1) is 23.9. The zero-order chi connectivity index (χ0) is 22.6. The van der Waals surface area contributed by atoms with Gasteiger partial charge >= 0.3 is 0 Å². The van der Waals surface area contributed by atoms with Gasteiger partial charge in [-0.1, -0.05) is 39.0 Å². The summed E-state index contributed by atoms with van der Waals surface area (Å²) < 4.78 is 18.9. The Morgan fingerprint density at radius 2 is 1.84 bits per heavy atom. The van der Waals surface area contributed by atoms with E-state index in [0.717, 1.165) is 29.5 Å². The summed E-state index contributed by atoms with van der Waals surface area (Å²) in [5.41, 5.74) is 2.43. The minimum absolute atomic E-state index is 0.00718. The number of fused-ring (bicyclic) bond motifs is 1. The summed E-state index contributed by atoms with van der Waals surface area (Å²) in [6.45, 7) is 17.9. The lowest BCUT2D eigenvalue weighted by Crippen LogP contribution is -2.49. The van der Waals surface area contributed by atoms with Crippen molar-refractivity contribution in [3.63, 3.8) is 0 Å². The predicted molar refractivity (Wildman–Crippen MR) is 135 cm³/mol. The van der Waals surface area contributed by atoms with Crippen LogP contribution in [0.25, 0.3) is 12.2 Å². The Kier molecular flexibility index (Phi) is 7.89. The fourth-order valence-corrected chi connectivity index (χ4v) is 5.64. The SMILES string of the molecule is CCN(CC)c1ccc(/C=C/c2scc3c2OCC(C(O[Si](C)C)C(C)(C)C)O3)cc1. The van der Waals surface area contributed by atoms with Crippen LogP contribution in [0.1, 0.15) is 45.1 Å². The lowest BCUT2D eigenvalue weighted by molar-refractivity contribution is -0.0469. The molecular formula is C25H36NO3SSi. The molecule has 3 rings (SSSR count). The van der Waals surface area contributed by atoms with E-state index < -0.39 is 9.04 Å². The second-order valence-corrected chi connectivity index (χ2v) is 12.1. The topological polar surface area (TPSA) is 30.9 Å². The number of benzene rings is 1. The Morgan fingerprint density at radius 3 is 2.42 bits per heavy atom. The molecule has 0 saturated heterocycles. The van der Waals surface area contributed by atoms with Crippen molar-refractivity contribution >= 4 is 38.2 Å². The molecule has 1 aliphatic rings. The predicted octanol–water partition coefficient (Wildman–Crippen LogP) is 6.59. The quantitative estimate of drug-likeness (QED) is 0.418. The monoisotopic (exact) mass is 458 g/mol. The molecule has 1 radical (unpaired) electrons. The molecule has 0 spiro atoms. The van der Waals surface area contributed by atoms with Crippen LogP contribution in [0.4, 0.5) is 5.69 Å². The summed E-state index contributed by atoms with van der Waals surface area (Å²) in [5.74, 6) is 1.68. The van der Waals surface area contributed by atoms with Crippen LogP contribution in [-0.2, 0) is 4.43 Å². The molecule has 1 aromatic carbocycles. The fraction of sp³-hybridized carbons (Fsp3) is 0.520. The van der Waals surface area contributed by atoms with Gasteiger partial charge in [-0.3, -0.25) is 0 Å². The number of nitrogens with zero attached hydrogens (tertiary/aromatic N) is 1. The van der Waals surface area contributed by atoms with Crippen molar-refractivity contribution in [2.24, 2.45) is 5.41 Å². The number of ether oxygens (including phenoxy) is 2. The molecular weight excluding hydrogens is 422 g/mol. The molecule has 0 aliphatic carbocycles. The van der Waals surface area contributed by atoms with Gasteiger partial charge in [-0.2, -0.15) is 0 Å². The van der Waals surface area contributed by atoms with Gasteiger partial charge in [0.15, 0.2) is 17.6 Å². The van der Waals surface area contributed by atoms with Crippen LogP contribution in [0.2, 0.25) is 13.1 Å². The summed E-state index contributed by atoms with van der Waals surface area (Å²) >= 11 is 1.66. The minimum atomic E-state index is -0.834. The van der Waals surface area contributed by atoms with Crippen LogP contribution in [-0.4, -0.2) is 40.9 Å². The van der Waals surface area contributed by atoms with Gasteiger partial charge in [-0.15, -0.1) is 11.3 Å². The number of hydrogen-bond acceptors (Lipinski definition) is 5. The standard InChI is InChI=1S/C25H36NO3SSi/c1-8-26(9-2)19-13-10-18(11-14-19)12-15-22-23-21(17-30-22)28-20(16-27-23)24(25(3,4)5)29-31(6)7/h10-15,17,20,24H,8-9,16H2,1-7H3/b15-12+. The van der Waals surface area contributed by atoms with Crippen molar-refractivity contribution in [3.05, 3.63) is 40.1 Å². The second-order valence-electron chi connectivity index (χ2n) is 9.17. The van der Waals surface area contributed by atoms with Crippen LogP contribution in [0.5, 0.6) is 11.5 Å². The van der Waals surface area contributed by atoms with Crippen molar-refractivity contribution in [1.82, 2.24) is 0 Å². The maximum Gasteiger partial charge on any atom is 0.205 e. The third kappa shape index (κ3) is 5.93. The summed E-state index contributed by atoms with van der Waals surface area (Å²) in [4.78, 5) is 3.44. The first-order chi connectivity index (χ1) is 14.7. The summed E-state index contributed by atoms with van der Waals surface area (Å²) in [7, 11) is -0.834. The molecule has 4 nitrogen and oxygen atoms in total. The molecule has 2 unspecified atom stereocenters. The number of hydrogen-bond donors (Lipinski definition) is 0. The van der Waals surface area contributed by atoms with Gasteiger partial charge in [-0.05, 0) is 56.1 Å². The maximum absolute atomic E-state index is 6.36. The lowest BCUT2D eigenvalue weighted by atomic mass is 9.86. The van der Waals surface area contributed by atoms with Gasteiger partial charge < -0.3 is 18.8 Å². The van der Waals surface area contributed by atoms with E-state index in [1.807, 2.05) is 5.38 Å². The fourth-order valence-electron chi connectivity index (χ4n) is 3.82. The van der Waals surface area contributed by atoms with Crippen LogP contribution >= 0.6 is 11.3 Å². The molecule has 2 heterocycles. The van der Waals surface area contributed by atoms with E-state index in [2.05, 4.69) is 89.0 Å². The van der Waals surface area contributed by atoms with Gasteiger partial charge in [0.2, 0.25) is 9.04 Å². The van der Waals surface area contributed by atoms with E-state index in [-0.39, 0.29) is 17.6 Å². The Bertz CT molecular complexity index is 866. The van der Waals surface area contributed by atoms with Crippen molar-refractivity contribution in [2.75, 3.05) is 24.6 Å². The molecule has 1 aliphatic heterocycles. The molecule has 0 bridgehead atoms. The molecule has 0 amide bonds. The Hall–Kier alpha value is -1.76. The summed E-state index contributed by atoms with van der Waals surface area (Å²) in [6.07, 6.45) is 4.17. The van der Waals surface area contributed by atoms with Crippen LogP contribution < -0.4 is 14.4 Å². The lowest BCUT2D eigenvalue weighted by Gasteiger charge is -2.39. The van der Waals surface area contributed by atoms with Gasteiger partial charge in [-0.25, -0.2) is 0 Å². The zero-order valence-corrected chi connectivity index (χ0v) is 21.7. The van der Waals surface area contributed by atoms with Crippen LogP contribution in [0.3, 0.4) is 0 Å². The van der Waals surface area contributed by atoms with Crippen molar-refractivity contribution in [2.45, 2.75) is 59.9 Å². The highest BCUT2D eigenvalue weighted by Crippen LogP contribution is 2.43. The number of anilines is 1. The molecule has 31 heavy (non-hydrogen) atoms. The average molecular weight is 459 g/mol. The van der Waals surface area contributed by atoms with E-state index >= 15 is 0 Å². The highest BCUT2D eigenvalue weighted by molar-refractivity contribution is 7.11. The van der Waals surface area contributed by atoms with E-state index in [1.54, 1.807) is 11.3 Å². The zero-order valence-electron chi connectivity index (χ0n) is 19.9. The van der Waals surface area contributed by atoms with Gasteiger partial charge in [0.25, 0.3) is 0 Å². The van der Waals surface area contributed by atoms with Crippen LogP contribution in [0, 0.1) is 5.41 Å². The number of thiophene rings is 1. The van der Waals surface area contributed by atoms with E-state index in [4.69, 9.17) is 13.9 Å². The van der Waals surface area contributed by atoms with Gasteiger partial charge in [0.1, 0.15) is 6.61 Å². The highest BCUT2D eigenvalue weighted by Gasteiger charge is 2.39. The molecule has 1 aromatic heterocycles. The van der Waals surface area contributed by atoms with Crippen molar-refractivity contribution in [3.8, 4) is 11.5 Å². The molecule has 2 atom stereocenters. The Labute approximate surface area is 193 Å². The maximum atomic E-state index is 6.36. The van der Waals surface area contributed by atoms with E-state index in [1.165, 1.54) is 11.3 Å². The Balaban J connectivity index is 1.71. The van der Waals surface area contributed by atoms with Gasteiger partial charge in [0, 0.05) is 24.2 Å². The minimum Gasteiger partial charge on any atom is -0.484 e. The first-order valence-corrected chi connectivity index (χ1v) is 14.4. The van der Waals surface area contributed by atoms with E-state index in [9.17, 15) is 0 Å². The smallest absolute Gasteiger partial charge is 0.205 e. The summed E-state index contributed by atoms with van der Waals surface area (Å²) in [6, 6.07) is 8.70. The number of rotatable bonds is 8. The molecule has 6 heteroatoms.